The first kappa shape index (κ1) is 11.8. The van der Waals surface area contributed by atoms with E-state index in [4.69, 9.17) is 11.0 Å². The van der Waals surface area contributed by atoms with Crippen LogP contribution in [0.5, 0.6) is 5.75 Å². The van der Waals surface area contributed by atoms with Crippen LogP contribution in [0.25, 0.3) is 0 Å². The van der Waals surface area contributed by atoms with Crippen molar-refractivity contribution >= 4 is 5.91 Å². The molecule has 0 unspecified atom stereocenters. The number of alkyl halides is 2. The van der Waals surface area contributed by atoms with Crippen LogP contribution in [0.1, 0.15) is 28.0 Å². The molecule has 0 spiro atoms. The molecule has 1 heterocycles. The molecule has 0 aromatic carbocycles. The summed E-state index contributed by atoms with van der Waals surface area (Å²) >= 11 is 0. The number of carbonyl (C=O) groups is 1. The first-order valence-electron chi connectivity index (χ1n) is 4.07. The van der Waals surface area contributed by atoms with Gasteiger partial charge in [-0.25, -0.2) is 13.8 Å². The van der Waals surface area contributed by atoms with Gasteiger partial charge in [0.15, 0.2) is 5.69 Å². The Morgan fingerprint density at radius 1 is 1.69 bits per heavy atom. The van der Waals surface area contributed by atoms with Crippen molar-refractivity contribution in [3.8, 4) is 11.8 Å². The third-order valence-corrected chi connectivity index (χ3v) is 1.87. The molecular weight excluding hydrogens is 220 g/mol. The zero-order valence-corrected chi connectivity index (χ0v) is 8.20. The van der Waals surface area contributed by atoms with Gasteiger partial charge in [0.2, 0.25) is 0 Å². The second-order valence-electron chi connectivity index (χ2n) is 2.74. The first-order valence-corrected chi connectivity index (χ1v) is 4.07. The van der Waals surface area contributed by atoms with Crippen molar-refractivity contribution in [2.45, 2.75) is 6.43 Å². The number of methoxy groups -OCH3 is 1. The van der Waals surface area contributed by atoms with Crippen LogP contribution < -0.4 is 10.5 Å². The lowest BCUT2D eigenvalue weighted by Crippen LogP contribution is -2.18. The van der Waals surface area contributed by atoms with E-state index in [2.05, 4.69) is 9.72 Å². The summed E-state index contributed by atoms with van der Waals surface area (Å²) in [4.78, 5) is 14.5. The maximum absolute atomic E-state index is 12.7. The van der Waals surface area contributed by atoms with Crippen LogP contribution in [-0.4, -0.2) is 18.0 Å². The Kier molecular flexibility index (Phi) is 3.35. The van der Waals surface area contributed by atoms with E-state index in [0.29, 0.717) is 0 Å². The Labute approximate surface area is 89.4 Å². The molecule has 5 nitrogen and oxygen atoms in total. The van der Waals surface area contributed by atoms with Gasteiger partial charge in [0.1, 0.15) is 11.8 Å². The van der Waals surface area contributed by atoms with Crippen molar-refractivity contribution in [2.75, 3.05) is 7.11 Å². The zero-order valence-electron chi connectivity index (χ0n) is 8.20. The fourth-order valence-corrected chi connectivity index (χ4v) is 1.22. The molecule has 0 bridgehead atoms. The minimum Gasteiger partial charge on any atom is -0.495 e. The van der Waals surface area contributed by atoms with Crippen molar-refractivity contribution in [1.82, 2.24) is 4.98 Å². The average Bonchev–Trinajstić information content (AvgIpc) is 2.26. The molecule has 1 amide bonds. The van der Waals surface area contributed by atoms with Crippen LogP contribution in [0.15, 0.2) is 6.20 Å². The molecular formula is C9H7F2N3O2. The molecule has 7 heteroatoms. The van der Waals surface area contributed by atoms with Crippen molar-refractivity contribution < 1.29 is 18.3 Å². The van der Waals surface area contributed by atoms with Gasteiger partial charge in [0.05, 0.1) is 24.4 Å². The van der Waals surface area contributed by atoms with E-state index in [1.54, 1.807) is 0 Å². The van der Waals surface area contributed by atoms with Gasteiger partial charge in [-0.05, 0) is 0 Å². The number of nitrogens with zero attached hydrogens (tertiary/aromatic N) is 2. The molecule has 0 fully saturated rings. The summed E-state index contributed by atoms with van der Waals surface area (Å²) in [6.07, 6.45) is -2.03. The van der Waals surface area contributed by atoms with Crippen molar-refractivity contribution in [1.29, 1.82) is 5.26 Å². The monoisotopic (exact) mass is 227 g/mol. The normalized spacial score (nSPS) is 9.94. The number of hydrogen-bond acceptors (Lipinski definition) is 4. The van der Waals surface area contributed by atoms with Crippen molar-refractivity contribution in [3.05, 3.63) is 23.0 Å². The van der Waals surface area contributed by atoms with Gasteiger partial charge in [-0.1, -0.05) is 0 Å². The summed E-state index contributed by atoms with van der Waals surface area (Å²) in [5, 5.41) is 8.63. The highest BCUT2D eigenvalue weighted by molar-refractivity contribution is 5.97. The molecule has 1 rings (SSSR count). The standard InChI is InChI=1S/C9H7F2N3O2/c1-16-5-3-14-4(2-12)6(9(13)15)7(5)8(10)11/h3,8H,1H3,(H2,13,15). The number of pyridine rings is 1. The van der Waals surface area contributed by atoms with E-state index >= 15 is 0 Å². The molecule has 0 saturated heterocycles. The van der Waals surface area contributed by atoms with Crippen LogP contribution in [0.2, 0.25) is 0 Å². The largest absolute Gasteiger partial charge is 0.495 e. The number of rotatable bonds is 3. The molecule has 1 aromatic rings. The van der Waals surface area contributed by atoms with Crippen LogP contribution in [-0.2, 0) is 0 Å². The lowest BCUT2D eigenvalue weighted by atomic mass is 10.1. The quantitative estimate of drug-likeness (QED) is 0.834. The third kappa shape index (κ3) is 1.91. The van der Waals surface area contributed by atoms with Gasteiger partial charge in [-0.2, -0.15) is 5.26 Å². The molecule has 0 saturated carbocycles. The SMILES string of the molecule is COc1cnc(C#N)c(C(N)=O)c1C(F)F. The van der Waals surface area contributed by atoms with Crippen molar-refractivity contribution in [3.63, 3.8) is 0 Å². The van der Waals surface area contributed by atoms with E-state index < -0.39 is 29.2 Å². The molecule has 16 heavy (non-hydrogen) atoms. The van der Waals surface area contributed by atoms with E-state index in [9.17, 15) is 13.6 Å². The third-order valence-electron chi connectivity index (χ3n) is 1.87. The molecule has 0 radical (unpaired) electrons. The number of nitrogens with two attached hydrogens (primary N) is 1. The maximum atomic E-state index is 12.7. The van der Waals surface area contributed by atoms with Gasteiger partial charge in [-0.15, -0.1) is 0 Å². The number of hydrogen-bond donors (Lipinski definition) is 1. The second-order valence-corrected chi connectivity index (χ2v) is 2.74. The Bertz CT molecular complexity index is 469. The van der Waals surface area contributed by atoms with Crippen LogP contribution in [0.3, 0.4) is 0 Å². The number of halogens is 2. The number of carbonyl (C=O) groups excluding carboxylic acids is 1. The van der Waals surface area contributed by atoms with E-state index in [1.165, 1.54) is 6.07 Å². The lowest BCUT2D eigenvalue weighted by Gasteiger charge is -2.11. The van der Waals surface area contributed by atoms with Gasteiger partial charge in [-0.3, -0.25) is 4.79 Å². The van der Waals surface area contributed by atoms with Gasteiger partial charge in [0.25, 0.3) is 12.3 Å². The molecule has 0 aliphatic carbocycles. The Morgan fingerprint density at radius 3 is 2.69 bits per heavy atom. The predicted molar refractivity (Wildman–Crippen MR) is 49.0 cm³/mol. The average molecular weight is 227 g/mol. The fraction of sp³-hybridized carbons (Fsp3) is 0.222. The first-order chi connectivity index (χ1) is 7.52. The topological polar surface area (TPSA) is 89.0 Å². The maximum Gasteiger partial charge on any atom is 0.268 e. The number of primary amides is 1. The van der Waals surface area contributed by atoms with Gasteiger partial charge in [0, 0.05) is 0 Å². The minimum absolute atomic E-state index is 0.275. The van der Waals surface area contributed by atoms with E-state index in [0.717, 1.165) is 13.3 Å². The molecule has 2 N–H and O–H groups in total. The predicted octanol–water partition coefficient (Wildman–Crippen LogP) is 0.998. The Morgan fingerprint density at radius 2 is 2.31 bits per heavy atom. The number of ether oxygens (including phenoxy) is 1. The van der Waals surface area contributed by atoms with Crippen LogP contribution >= 0.6 is 0 Å². The highest BCUT2D eigenvalue weighted by atomic mass is 19.3. The van der Waals surface area contributed by atoms with Crippen molar-refractivity contribution in [2.24, 2.45) is 5.73 Å². The van der Waals surface area contributed by atoms with E-state index in [-0.39, 0.29) is 5.75 Å². The van der Waals surface area contributed by atoms with Crippen LogP contribution in [0, 0.1) is 11.3 Å². The molecule has 0 atom stereocenters. The van der Waals surface area contributed by atoms with Crippen LogP contribution in [0.4, 0.5) is 8.78 Å². The summed E-state index contributed by atoms with van der Waals surface area (Å²) in [7, 11) is 1.15. The molecule has 84 valence electrons. The minimum atomic E-state index is -2.98. The summed E-state index contributed by atoms with van der Waals surface area (Å²) in [6.45, 7) is 0. The summed E-state index contributed by atoms with van der Waals surface area (Å²) in [6, 6.07) is 1.52. The highest BCUT2D eigenvalue weighted by Crippen LogP contribution is 2.32. The smallest absolute Gasteiger partial charge is 0.268 e. The number of nitriles is 1. The lowest BCUT2D eigenvalue weighted by molar-refractivity contribution is 0.0982. The number of aromatic nitrogens is 1. The summed E-state index contributed by atoms with van der Waals surface area (Å²) < 4.78 is 30.1. The van der Waals surface area contributed by atoms with Gasteiger partial charge >= 0.3 is 0 Å². The molecule has 0 aliphatic heterocycles. The summed E-state index contributed by atoms with van der Waals surface area (Å²) in [5.74, 6) is -1.42. The molecule has 0 aliphatic rings. The zero-order chi connectivity index (χ0) is 12.3. The molecule has 1 aromatic heterocycles. The van der Waals surface area contributed by atoms with E-state index in [1.807, 2.05) is 0 Å². The van der Waals surface area contributed by atoms with Gasteiger partial charge < -0.3 is 10.5 Å². The second kappa shape index (κ2) is 4.53. The Balaban J connectivity index is 3.61. The fourth-order valence-electron chi connectivity index (χ4n) is 1.22. The summed E-state index contributed by atoms with van der Waals surface area (Å²) in [5.41, 5.74) is 3.19. The highest BCUT2D eigenvalue weighted by Gasteiger charge is 2.26. The Hall–Kier alpha value is -2.23. The number of amides is 1.